The molecule has 2 amide bonds. The monoisotopic (exact) mass is 412 g/mol. The predicted octanol–water partition coefficient (Wildman–Crippen LogP) is 3.65. The molecule has 2 rings (SSSR count). The minimum absolute atomic E-state index is 0.00386. The van der Waals surface area contributed by atoms with E-state index in [2.05, 4.69) is 10.9 Å². The molecule has 0 aliphatic rings. The summed E-state index contributed by atoms with van der Waals surface area (Å²) in [6.45, 7) is 9.18. The largest absolute Gasteiger partial charge is 0.507 e. The second kappa shape index (κ2) is 9.91. The number of esters is 1. The molecule has 0 spiro atoms. The maximum absolute atomic E-state index is 12.6. The van der Waals surface area contributed by atoms with Gasteiger partial charge in [-0.05, 0) is 48.1 Å². The normalized spacial score (nSPS) is 11.8. The summed E-state index contributed by atoms with van der Waals surface area (Å²) in [6.07, 6.45) is -1.18. The van der Waals surface area contributed by atoms with Crippen molar-refractivity contribution in [2.45, 2.75) is 52.6 Å². The fourth-order valence-electron chi connectivity index (χ4n) is 2.77. The third kappa shape index (κ3) is 5.59. The van der Waals surface area contributed by atoms with Gasteiger partial charge in [-0.25, -0.2) is 4.79 Å². The quantitative estimate of drug-likeness (QED) is 0.496. The van der Waals surface area contributed by atoms with Crippen LogP contribution in [0, 0.1) is 0 Å². The Hall–Kier alpha value is -3.35. The first-order valence-corrected chi connectivity index (χ1v) is 9.84. The van der Waals surface area contributed by atoms with Crippen molar-refractivity contribution in [3.63, 3.8) is 0 Å². The van der Waals surface area contributed by atoms with Crippen LogP contribution in [-0.4, -0.2) is 29.0 Å². The van der Waals surface area contributed by atoms with Crippen LogP contribution in [0.5, 0.6) is 5.75 Å². The van der Waals surface area contributed by atoms with Crippen LogP contribution in [0.15, 0.2) is 42.5 Å². The van der Waals surface area contributed by atoms with Crippen molar-refractivity contribution < 1.29 is 24.2 Å². The molecule has 0 fully saturated rings. The SMILES string of the molecule is CC(C)c1cc(C(=O)O[C@H](C)C(=O)NNC(=O)c2ccccc2)c(O)c(C(C)C)c1. The molecule has 7 nitrogen and oxygen atoms in total. The summed E-state index contributed by atoms with van der Waals surface area (Å²) in [5.41, 5.74) is 6.42. The maximum Gasteiger partial charge on any atom is 0.342 e. The summed E-state index contributed by atoms with van der Waals surface area (Å²) in [4.78, 5) is 36.9. The van der Waals surface area contributed by atoms with E-state index < -0.39 is 23.9 Å². The van der Waals surface area contributed by atoms with Crippen molar-refractivity contribution in [2.24, 2.45) is 0 Å². The lowest BCUT2D eigenvalue weighted by Crippen LogP contribution is -2.46. The summed E-state index contributed by atoms with van der Waals surface area (Å²) in [5, 5.41) is 10.5. The highest BCUT2D eigenvalue weighted by atomic mass is 16.5. The van der Waals surface area contributed by atoms with Gasteiger partial charge in [-0.3, -0.25) is 20.4 Å². The number of rotatable bonds is 6. The van der Waals surface area contributed by atoms with Gasteiger partial charge in [0.05, 0.1) is 0 Å². The Morgan fingerprint density at radius 2 is 1.53 bits per heavy atom. The molecule has 3 N–H and O–H groups in total. The Morgan fingerprint density at radius 1 is 0.900 bits per heavy atom. The zero-order chi connectivity index (χ0) is 22.4. The number of aromatic hydroxyl groups is 1. The van der Waals surface area contributed by atoms with Gasteiger partial charge in [0.15, 0.2) is 6.10 Å². The number of carbonyl (C=O) groups excluding carboxylic acids is 3. The smallest absolute Gasteiger partial charge is 0.342 e. The lowest BCUT2D eigenvalue weighted by Gasteiger charge is -2.18. The molecule has 0 bridgehead atoms. The first-order valence-electron chi connectivity index (χ1n) is 9.84. The molecule has 0 radical (unpaired) electrons. The van der Waals surface area contributed by atoms with Crippen LogP contribution in [0.2, 0.25) is 0 Å². The van der Waals surface area contributed by atoms with E-state index in [1.54, 1.807) is 36.4 Å². The van der Waals surface area contributed by atoms with Crippen molar-refractivity contribution in [2.75, 3.05) is 0 Å². The van der Waals surface area contributed by atoms with Crippen LogP contribution in [-0.2, 0) is 9.53 Å². The van der Waals surface area contributed by atoms with Crippen LogP contribution in [0.4, 0.5) is 0 Å². The van der Waals surface area contributed by atoms with Gasteiger partial charge in [-0.1, -0.05) is 52.0 Å². The predicted molar refractivity (Wildman–Crippen MR) is 113 cm³/mol. The van der Waals surface area contributed by atoms with Crippen molar-refractivity contribution in [3.8, 4) is 5.75 Å². The molecule has 0 aliphatic heterocycles. The molecule has 2 aromatic carbocycles. The van der Waals surface area contributed by atoms with Crippen LogP contribution < -0.4 is 10.9 Å². The average molecular weight is 412 g/mol. The Balaban J connectivity index is 2.07. The van der Waals surface area contributed by atoms with Crippen molar-refractivity contribution in [1.82, 2.24) is 10.9 Å². The molecule has 0 saturated carbocycles. The lowest BCUT2D eigenvalue weighted by molar-refractivity contribution is -0.129. The molecular formula is C23H28N2O5. The summed E-state index contributed by atoms with van der Waals surface area (Å²) in [6, 6.07) is 11.8. The van der Waals surface area contributed by atoms with Gasteiger partial charge in [0.1, 0.15) is 11.3 Å². The van der Waals surface area contributed by atoms with E-state index in [0.29, 0.717) is 11.1 Å². The van der Waals surface area contributed by atoms with Crippen molar-refractivity contribution >= 4 is 17.8 Å². The van der Waals surface area contributed by atoms with E-state index in [4.69, 9.17) is 4.74 Å². The van der Waals surface area contributed by atoms with Gasteiger partial charge < -0.3 is 9.84 Å². The van der Waals surface area contributed by atoms with Crippen molar-refractivity contribution in [3.05, 3.63) is 64.7 Å². The Kier molecular flexibility index (Phi) is 7.58. The molecule has 0 aromatic heterocycles. The molecule has 160 valence electrons. The average Bonchev–Trinajstić information content (AvgIpc) is 2.71. The molecule has 0 heterocycles. The molecular weight excluding hydrogens is 384 g/mol. The molecule has 30 heavy (non-hydrogen) atoms. The van der Waals surface area contributed by atoms with E-state index in [9.17, 15) is 19.5 Å². The lowest BCUT2D eigenvalue weighted by atomic mass is 9.92. The third-order valence-electron chi connectivity index (χ3n) is 4.66. The van der Waals surface area contributed by atoms with E-state index in [-0.39, 0.29) is 23.1 Å². The zero-order valence-electron chi connectivity index (χ0n) is 17.9. The van der Waals surface area contributed by atoms with E-state index >= 15 is 0 Å². The van der Waals surface area contributed by atoms with Crippen LogP contribution >= 0.6 is 0 Å². The highest BCUT2D eigenvalue weighted by Crippen LogP contribution is 2.33. The first-order chi connectivity index (χ1) is 14.1. The van der Waals surface area contributed by atoms with Gasteiger partial charge in [0.25, 0.3) is 11.8 Å². The van der Waals surface area contributed by atoms with E-state index in [0.717, 1.165) is 5.56 Å². The third-order valence-corrected chi connectivity index (χ3v) is 4.66. The molecule has 1 atom stereocenters. The number of hydrogen-bond donors (Lipinski definition) is 3. The van der Waals surface area contributed by atoms with Crippen LogP contribution in [0.1, 0.15) is 78.3 Å². The fourth-order valence-corrected chi connectivity index (χ4v) is 2.77. The Bertz CT molecular complexity index is 923. The van der Waals surface area contributed by atoms with Crippen LogP contribution in [0.3, 0.4) is 0 Å². The zero-order valence-corrected chi connectivity index (χ0v) is 17.9. The number of nitrogens with one attached hydrogen (secondary N) is 2. The van der Waals surface area contributed by atoms with Gasteiger partial charge in [0, 0.05) is 5.56 Å². The summed E-state index contributed by atoms with van der Waals surface area (Å²) < 4.78 is 5.22. The number of ether oxygens (including phenoxy) is 1. The number of benzene rings is 2. The maximum atomic E-state index is 12.6. The van der Waals surface area contributed by atoms with E-state index in [1.165, 1.54) is 6.92 Å². The molecule has 2 aromatic rings. The van der Waals surface area contributed by atoms with Gasteiger partial charge in [0.2, 0.25) is 0 Å². The Labute approximate surface area is 176 Å². The number of phenols is 1. The van der Waals surface area contributed by atoms with Crippen molar-refractivity contribution in [1.29, 1.82) is 0 Å². The summed E-state index contributed by atoms with van der Waals surface area (Å²) in [7, 11) is 0. The van der Waals surface area contributed by atoms with E-state index in [1.807, 2.05) is 33.8 Å². The highest BCUT2D eigenvalue weighted by Gasteiger charge is 2.24. The fraction of sp³-hybridized carbons (Fsp3) is 0.348. The van der Waals surface area contributed by atoms with Gasteiger partial charge in [-0.15, -0.1) is 0 Å². The standard InChI is InChI=1S/C23H28N2O5/c1-13(2)17-11-18(14(3)4)20(26)19(12-17)23(29)30-15(5)21(27)24-25-22(28)16-9-7-6-8-10-16/h6-15,26H,1-5H3,(H,24,27)(H,25,28)/t15-/m1/s1. The van der Waals surface area contributed by atoms with Gasteiger partial charge >= 0.3 is 5.97 Å². The topological polar surface area (TPSA) is 105 Å². The second-order valence-electron chi connectivity index (χ2n) is 7.67. The first kappa shape index (κ1) is 22.9. The molecule has 7 heteroatoms. The number of carbonyl (C=O) groups is 3. The minimum atomic E-state index is -1.18. The second-order valence-corrected chi connectivity index (χ2v) is 7.67. The van der Waals surface area contributed by atoms with Crippen LogP contribution in [0.25, 0.3) is 0 Å². The van der Waals surface area contributed by atoms with Gasteiger partial charge in [-0.2, -0.15) is 0 Å². The molecule has 0 unspecified atom stereocenters. The summed E-state index contributed by atoms with van der Waals surface area (Å²) in [5.74, 6) is -2.01. The minimum Gasteiger partial charge on any atom is -0.507 e. The highest BCUT2D eigenvalue weighted by molar-refractivity contribution is 5.97. The number of phenolic OH excluding ortho intramolecular Hbond substituents is 1. The Morgan fingerprint density at radius 3 is 2.10 bits per heavy atom. The molecule has 0 saturated heterocycles. The number of hydrogen-bond acceptors (Lipinski definition) is 5. The number of hydrazine groups is 1. The molecule has 0 aliphatic carbocycles. The summed E-state index contributed by atoms with van der Waals surface area (Å²) >= 11 is 0. The number of amides is 2.